The molecule has 2 aliphatic heterocycles. The van der Waals surface area contributed by atoms with Gasteiger partial charge in [0.05, 0.1) is 17.7 Å². The summed E-state index contributed by atoms with van der Waals surface area (Å²) in [6.07, 6.45) is 4.29. The average Bonchev–Trinajstić information content (AvgIpc) is 3.24. The minimum Gasteiger partial charge on any atom is -0.383 e. The number of rotatable bonds is 6. The molecule has 7 nitrogen and oxygen atoms in total. The van der Waals surface area contributed by atoms with Crippen molar-refractivity contribution in [1.29, 1.82) is 0 Å². The summed E-state index contributed by atoms with van der Waals surface area (Å²) in [6.45, 7) is 5.18. The highest BCUT2D eigenvalue weighted by Gasteiger charge is 2.49. The molecule has 1 aromatic heterocycles. The molecule has 2 amide bonds. The molecule has 0 aromatic carbocycles. The Kier molecular flexibility index (Phi) is 5.68. The Hall–Kier alpha value is -1.54. The average molecular weight is 366 g/mol. The lowest BCUT2D eigenvalue weighted by molar-refractivity contribution is -0.146. The highest BCUT2D eigenvalue weighted by atomic mass is 32.1. The maximum absolute atomic E-state index is 13.0. The summed E-state index contributed by atoms with van der Waals surface area (Å²) >= 11 is 1.17. The molecule has 25 heavy (non-hydrogen) atoms. The van der Waals surface area contributed by atoms with Gasteiger partial charge in [-0.1, -0.05) is 17.8 Å². The summed E-state index contributed by atoms with van der Waals surface area (Å²) in [7, 11) is 1.65. The van der Waals surface area contributed by atoms with Gasteiger partial charge >= 0.3 is 0 Å². The third-order valence-corrected chi connectivity index (χ3v) is 6.02. The van der Waals surface area contributed by atoms with Crippen LogP contribution in [0.5, 0.6) is 0 Å². The highest BCUT2D eigenvalue weighted by molar-refractivity contribution is 7.08. The number of piperidine rings is 1. The van der Waals surface area contributed by atoms with Crippen LogP contribution in [0.15, 0.2) is 0 Å². The molecule has 0 bridgehead atoms. The van der Waals surface area contributed by atoms with Gasteiger partial charge < -0.3 is 14.5 Å². The number of aromatic nitrogens is 2. The molecule has 2 aliphatic rings. The number of methoxy groups -OCH3 is 1. The Balaban J connectivity index is 1.70. The molecule has 0 aliphatic carbocycles. The van der Waals surface area contributed by atoms with Crippen molar-refractivity contribution in [1.82, 2.24) is 19.4 Å². The molecular weight excluding hydrogens is 340 g/mol. The lowest BCUT2D eigenvalue weighted by atomic mass is 9.78. The first-order chi connectivity index (χ1) is 12.1. The van der Waals surface area contributed by atoms with Gasteiger partial charge in [0.2, 0.25) is 5.91 Å². The first-order valence-electron chi connectivity index (χ1n) is 9.00. The molecule has 8 heteroatoms. The standard InChI is InChI=1S/C17H26N4O3S/c1-3-5-13-14(25-19-18-13)15(22)21-9-7-17(12-21)6-4-8-20(16(17)23)10-11-24-2/h3-12H2,1-2H3/t17-/m1/s1. The Morgan fingerprint density at radius 3 is 2.96 bits per heavy atom. The molecule has 0 radical (unpaired) electrons. The maximum Gasteiger partial charge on any atom is 0.267 e. The molecule has 138 valence electrons. The number of aryl methyl sites for hydroxylation is 1. The van der Waals surface area contributed by atoms with E-state index in [2.05, 4.69) is 16.5 Å². The molecule has 1 spiro atoms. The van der Waals surface area contributed by atoms with Gasteiger partial charge in [-0.05, 0) is 37.2 Å². The van der Waals surface area contributed by atoms with Crippen LogP contribution in [0, 0.1) is 5.41 Å². The largest absolute Gasteiger partial charge is 0.383 e. The predicted octanol–water partition coefficient (Wildman–Crippen LogP) is 1.59. The molecule has 2 fully saturated rings. The van der Waals surface area contributed by atoms with Gasteiger partial charge in [-0.15, -0.1) is 5.10 Å². The summed E-state index contributed by atoms with van der Waals surface area (Å²) in [5.74, 6) is 0.166. The summed E-state index contributed by atoms with van der Waals surface area (Å²) in [6, 6.07) is 0. The van der Waals surface area contributed by atoms with E-state index in [1.54, 1.807) is 7.11 Å². The zero-order valence-electron chi connectivity index (χ0n) is 15.0. The van der Waals surface area contributed by atoms with Crippen LogP contribution in [0.1, 0.15) is 48.0 Å². The quantitative estimate of drug-likeness (QED) is 0.764. The third-order valence-electron chi connectivity index (χ3n) is 5.27. The number of carbonyl (C=O) groups excluding carboxylic acids is 2. The van der Waals surface area contributed by atoms with Crippen molar-refractivity contribution < 1.29 is 14.3 Å². The van der Waals surface area contributed by atoms with E-state index < -0.39 is 5.41 Å². The fourth-order valence-corrected chi connectivity index (χ4v) is 4.58. The summed E-state index contributed by atoms with van der Waals surface area (Å²) in [5, 5.41) is 4.10. The minimum absolute atomic E-state index is 0.0165. The van der Waals surface area contributed by atoms with Crippen molar-refractivity contribution in [2.45, 2.75) is 39.0 Å². The summed E-state index contributed by atoms with van der Waals surface area (Å²) in [5.41, 5.74) is 0.375. The maximum atomic E-state index is 13.0. The molecule has 3 heterocycles. The van der Waals surface area contributed by atoms with E-state index in [1.807, 2.05) is 9.80 Å². The SMILES string of the molecule is CCCc1nnsc1C(=O)N1CC[C@]2(CCCN(CCOC)C2=O)C1. The van der Waals surface area contributed by atoms with Crippen molar-refractivity contribution in [2.75, 3.05) is 39.9 Å². The molecule has 0 unspecified atom stereocenters. The molecule has 1 aromatic rings. The van der Waals surface area contributed by atoms with E-state index in [0.717, 1.165) is 44.3 Å². The molecule has 3 rings (SSSR count). The van der Waals surface area contributed by atoms with E-state index in [-0.39, 0.29) is 11.8 Å². The highest BCUT2D eigenvalue weighted by Crippen LogP contribution is 2.40. The van der Waals surface area contributed by atoms with E-state index in [4.69, 9.17) is 4.74 Å². The fourth-order valence-electron chi connectivity index (χ4n) is 3.91. The second-order valence-corrected chi connectivity index (χ2v) is 7.70. The molecule has 0 N–H and O–H groups in total. The topological polar surface area (TPSA) is 75.6 Å². The number of carbonyl (C=O) groups is 2. The Morgan fingerprint density at radius 2 is 2.20 bits per heavy atom. The first-order valence-corrected chi connectivity index (χ1v) is 9.77. The van der Waals surface area contributed by atoms with Gasteiger partial charge in [-0.3, -0.25) is 9.59 Å². The number of ether oxygens (including phenoxy) is 1. The zero-order chi connectivity index (χ0) is 17.9. The van der Waals surface area contributed by atoms with Gasteiger partial charge in [-0.25, -0.2) is 0 Å². The normalized spacial score (nSPS) is 23.7. The molecule has 0 saturated carbocycles. The lowest BCUT2D eigenvalue weighted by Crippen LogP contribution is -2.51. The van der Waals surface area contributed by atoms with E-state index >= 15 is 0 Å². The molecule has 2 saturated heterocycles. The lowest BCUT2D eigenvalue weighted by Gasteiger charge is -2.39. The van der Waals surface area contributed by atoms with E-state index in [0.29, 0.717) is 31.1 Å². The van der Waals surface area contributed by atoms with Crippen LogP contribution in [0.2, 0.25) is 0 Å². The van der Waals surface area contributed by atoms with Crippen LogP contribution in [-0.2, 0) is 16.0 Å². The van der Waals surface area contributed by atoms with Gasteiger partial charge in [0.25, 0.3) is 5.91 Å². The minimum atomic E-state index is -0.412. The van der Waals surface area contributed by atoms with Crippen LogP contribution in [0.3, 0.4) is 0 Å². The summed E-state index contributed by atoms with van der Waals surface area (Å²) in [4.78, 5) is 30.3. The second-order valence-electron chi connectivity index (χ2n) is 6.94. The number of nitrogens with zero attached hydrogens (tertiary/aromatic N) is 4. The Morgan fingerprint density at radius 1 is 1.36 bits per heavy atom. The second kappa shape index (κ2) is 7.78. The van der Waals surface area contributed by atoms with Gasteiger partial charge in [0.1, 0.15) is 4.88 Å². The predicted molar refractivity (Wildman–Crippen MR) is 94.5 cm³/mol. The number of hydrogen-bond donors (Lipinski definition) is 0. The summed E-state index contributed by atoms with van der Waals surface area (Å²) < 4.78 is 9.07. The Bertz CT molecular complexity index is 635. The van der Waals surface area contributed by atoms with Crippen molar-refractivity contribution in [3.05, 3.63) is 10.6 Å². The van der Waals surface area contributed by atoms with Crippen LogP contribution in [0.25, 0.3) is 0 Å². The van der Waals surface area contributed by atoms with Crippen LogP contribution < -0.4 is 0 Å². The van der Waals surface area contributed by atoms with Crippen molar-refractivity contribution in [2.24, 2.45) is 5.41 Å². The molecular formula is C17H26N4O3S. The van der Waals surface area contributed by atoms with Crippen molar-refractivity contribution in [3.63, 3.8) is 0 Å². The van der Waals surface area contributed by atoms with Gasteiger partial charge in [-0.2, -0.15) is 0 Å². The van der Waals surface area contributed by atoms with Gasteiger partial charge in [0, 0.05) is 33.3 Å². The van der Waals surface area contributed by atoms with E-state index in [9.17, 15) is 9.59 Å². The monoisotopic (exact) mass is 366 g/mol. The fraction of sp³-hybridized carbons (Fsp3) is 0.765. The van der Waals surface area contributed by atoms with Gasteiger partial charge in [0.15, 0.2) is 0 Å². The Labute approximate surface area is 152 Å². The number of likely N-dealkylation sites (tertiary alicyclic amines) is 2. The first kappa shape index (κ1) is 18.3. The number of amides is 2. The smallest absolute Gasteiger partial charge is 0.267 e. The van der Waals surface area contributed by atoms with Crippen LogP contribution >= 0.6 is 11.5 Å². The molecule has 1 atom stereocenters. The van der Waals surface area contributed by atoms with E-state index in [1.165, 1.54) is 11.5 Å². The number of hydrogen-bond acceptors (Lipinski definition) is 6. The van der Waals surface area contributed by atoms with Crippen LogP contribution in [0.4, 0.5) is 0 Å². The van der Waals surface area contributed by atoms with Crippen molar-refractivity contribution in [3.8, 4) is 0 Å². The zero-order valence-corrected chi connectivity index (χ0v) is 15.8. The third kappa shape index (κ3) is 3.55. The van der Waals surface area contributed by atoms with Crippen molar-refractivity contribution >= 4 is 23.3 Å². The van der Waals surface area contributed by atoms with Crippen LogP contribution in [-0.4, -0.2) is 71.1 Å².